The van der Waals surface area contributed by atoms with Gasteiger partial charge in [-0.15, -0.1) is 23.7 Å². The van der Waals surface area contributed by atoms with Gasteiger partial charge in [0.25, 0.3) is 5.56 Å². The largest absolute Gasteiger partial charge is 0.493 e. The Bertz CT molecular complexity index is 1510. The fourth-order valence-corrected chi connectivity index (χ4v) is 4.80. The highest BCUT2D eigenvalue weighted by Crippen LogP contribution is 2.33. The van der Waals surface area contributed by atoms with Crippen molar-refractivity contribution in [3.8, 4) is 27.6 Å². The smallest absolute Gasteiger partial charge is 0.273 e. The Labute approximate surface area is 211 Å². The molecule has 2 aromatic carbocycles. The van der Waals surface area contributed by atoms with E-state index in [2.05, 4.69) is 4.98 Å². The quantitative estimate of drug-likeness (QED) is 0.274. The second-order valence-electron chi connectivity index (χ2n) is 7.51. The highest BCUT2D eigenvalue weighted by atomic mass is 35.5. The van der Waals surface area contributed by atoms with Gasteiger partial charge in [0.15, 0.2) is 11.5 Å². The molecule has 34 heavy (non-hydrogen) atoms. The molecule has 5 aromatic rings. The van der Waals surface area contributed by atoms with Gasteiger partial charge in [0.1, 0.15) is 11.3 Å². The fraction of sp³-hybridized carbons (Fsp3) is 0.120. The van der Waals surface area contributed by atoms with Crippen molar-refractivity contribution < 1.29 is 9.47 Å². The van der Waals surface area contributed by atoms with Gasteiger partial charge in [-0.05, 0) is 42.0 Å². The summed E-state index contributed by atoms with van der Waals surface area (Å²) in [6, 6.07) is 17.1. The van der Waals surface area contributed by atoms with E-state index in [1.807, 2.05) is 60.1 Å². The maximum absolute atomic E-state index is 13.3. The topological polar surface area (TPSA) is 58.3 Å². The second-order valence-corrected chi connectivity index (χ2v) is 9.00. The number of ether oxygens (including phenoxy) is 2. The van der Waals surface area contributed by atoms with Crippen LogP contribution in [0.2, 0.25) is 5.02 Å². The van der Waals surface area contributed by atoms with Crippen LogP contribution in [0.4, 0.5) is 0 Å². The Morgan fingerprint density at radius 1 is 1.06 bits per heavy atom. The molecule has 0 spiro atoms. The van der Waals surface area contributed by atoms with Gasteiger partial charge in [-0.1, -0.05) is 23.7 Å². The first-order chi connectivity index (χ1) is 16.0. The highest BCUT2D eigenvalue weighted by molar-refractivity contribution is 7.22. The van der Waals surface area contributed by atoms with E-state index in [1.165, 1.54) is 11.3 Å². The van der Waals surface area contributed by atoms with Crippen molar-refractivity contribution in [2.75, 3.05) is 7.11 Å². The Morgan fingerprint density at radius 2 is 1.85 bits per heavy atom. The minimum atomic E-state index is -0.0803. The lowest BCUT2D eigenvalue weighted by atomic mass is 10.2. The van der Waals surface area contributed by atoms with Crippen molar-refractivity contribution in [3.05, 3.63) is 94.4 Å². The lowest BCUT2D eigenvalue weighted by molar-refractivity contribution is 0.277. The van der Waals surface area contributed by atoms with Gasteiger partial charge < -0.3 is 14.0 Å². The first kappa shape index (κ1) is 23.9. The van der Waals surface area contributed by atoms with Crippen LogP contribution in [0, 0.1) is 0 Å². The summed E-state index contributed by atoms with van der Waals surface area (Å²) in [5, 5.41) is 1.60. The molecule has 0 amide bonds. The molecule has 6 nitrogen and oxygen atoms in total. The van der Waals surface area contributed by atoms with E-state index in [1.54, 1.807) is 36.5 Å². The lowest BCUT2D eigenvalue weighted by Crippen LogP contribution is -2.16. The Kier molecular flexibility index (Phi) is 6.97. The molecule has 174 valence electrons. The number of fused-ring (bicyclic) bond motifs is 1. The number of rotatable bonds is 6. The third kappa shape index (κ3) is 4.55. The van der Waals surface area contributed by atoms with E-state index in [9.17, 15) is 4.79 Å². The van der Waals surface area contributed by atoms with Gasteiger partial charge >= 0.3 is 0 Å². The predicted octanol–water partition coefficient (Wildman–Crippen LogP) is 6.12. The molecule has 0 aliphatic carbocycles. The first-order valence-electron chi connectivity index (χ1n) is 10.2. The Balaban J connectivity index is 0.00000274. The number of thiophene rings is 1. The van der Waals surface area contributed by atoms with E-state index in [4.69, 9.17) is 21.1 Å². The number of hydrogen-bond acceptors (Lipinski definition) is 5. The summed E-state index contributed by atoms with van der Waals surface area (Å²) in [4.78, 5) is 18.4. The summed E-state index contributed by atoms with van der Waals surface area (Å²) in [5.74, 6) is 1.15. The van der Waals surface area contributed by atoms with Gasteiger partial charge in [0.05, 0.1) is 31.0 Å². The molecule has 0 aliphatic rings. The van der Waals surface area contributed by atoms with Crippen LogP contribution in [0.5, 0.6) is 11.5 Å². The molecule has 0 aliphatic heterocycles. The Morgan fingerprint density at radius 3 is 2.56 bits per heavy atom. The van der Waals surface area contributed by atoms with Crippen LogP contribution < -0.4 is 15.0 Å². The zero-order chi connectivity index (χ0) is 22.9. The summed E-state index contributed by atoms with van der Waals surface area (Å²) >= 11 is 7.48. The number of benzene rings is 2. The molecule has 5 rings (SSSR count). The number of aromatic nitrogens is 3. The molecular weight excluding hydrogens is 493 g/mol. The summed E-state index contributed by atoms with van der Waals surface area (Å²) in [6.45, 7) is 0.362. The van der Waals surface area contributed by atoms with E-state index in [0.717, 1.165) is 21.5 Å². The van der Waals surface area contributed by atoms with Crippen molar-refractivity contribution in [2.24, 2.45) is 7.05 Å². The van der Waals surface area contributed by atoms with E-state index < -0.39 is 0 Å². The van der Waals surface area contributed by atoms with Crippen LogP contribution in [0.1, 0.15) is 5.69 Å². The number of methoxy groups -OCH3 is 1. The van der Waals surface area contributed by atoms with Crippen molar-refractivity contribution in [1.29, 1.82) is 0 Å². The first-order valence-corrected chi connectivity index (χ1v) is 11.4. The highest BCUT2D eigenvalue weighted by Gasteiger charge is 2.13. The standard InChI is InChI=1S/C25H20ClN3O3S.ClH/c1-28-15-27-13-20(28)14-32-21-8-7-19(12-22(21)31-2)29-10-9-17-11-23(33-24(17)25(29)30)16-3-5-18(26)6-4-16;/h3-13,15H,14H2,1-2H3;1H. The van der Waals surface area contributed by atoms with Gasteiger partial charge in [-0.2, -0.15) is 0 Å². The third-order valence-electron chi connectivity index (χ3n) is 5.42. The van der Waals surface area contributed by atoms with Crippen molar-refractivity contribution >= 4 is 45.4 Å². The Hall–Kier alpha value is -3.26. The molecule has 0 unspecified atom stereocenters. The molecule has 0 saturated carbocycles. The van der Waals surface area contributed by atoms with E-state index in [0.29, 0.717) is 33.5 Å². The molecule has 3 aromatic heterocycles. The molecule has 0 radical (unpaired) electrons. The average Bonchev–Trinajstić information content (AvgIpc) is 3.45. The maximum Gasteiger partial charge on any atom is 0.273 e. The van der Waals surface area contributed by atoms with Crippen LogP contribution >= 0.6 is 35.3 Å². The molecule has 0 fully saturated rings. The number of imidazole rings is 1. The van der Waals surface area contributed by atoms with E-state index >= 15 is 0 Å². The van der Waals surface area contributed by atoms with Crippen LogP contribution in [0.25, 0.3) is 26.2 Å². The van der Waals surface area contributed by atoms with Crippen LogP contribution in [-0.2, 0) is 13.7 Å². The maximum atomic E-state index is 13.3. The molecular formula is C25H21Cl2N3O3S. The molecule has 0 bridgehead atoms. The summed E-state index contributed by atoms with van der Waals surface area (Å²) in [6.07, 6.45) is 5.27. The van der Waals surface area contributed by atoms with Crippen LogP contribution in [-0.4, -0.2) is 21.2 Å². The number of pyridine rings is 1. The number of hydrogen-bond donors (Lipinski definition) is 0. The molecule has 0 N–H and O–H groups in total. The number of nitrogens with zero attached hydrogens (tertiary/aromatic N) is 3. The number of halogens is 2. The van der Waals surface area contributed by atoms with Crippen LogP contribution in [0.3, 0.4) is 0 Å². The molecule has 0 atom stereocenters. The van der Waals surface area contributed by atoms with Crippen LogP contribution in [0.15, 0.2) is 78.1 Å². The number of aryl methyl sites for hydroxylation is 1. The van der Waals surface area contributed by atoms with Crippen molar-refractivity contribution in [2.45, 2.75) is 6.61 Å². The zero-order valence-corrected chi connectivity index (χ0v) is 20.8. The van der Waals surface area contributed by atoms with E-state index in [-0.39, 0.29) is 18.0 Å². The monoisotopic (exact) mass is 513 g/mol. The molecule has 0 saturated heterocycles. The van der Waals surface area contributed by atoms with Crippen molar-refractivity contribution in [3.63, 3.8) is 0 Å². The summed E-state index contributed by atoms with van der Waals surface area (Å²) in [5.41, 5.74) is 2.59. The zero-order valence-electron chi connectivity index (χ0n) is 18.4. The fourth-order valence-electron chi connectivity index (χ4n) is 3.59. The minimum Gasteiger partial charge on any atom is -0.493 e. The average molecular weight is 514 g/mol. The summed E-state index contributed by atoms with van der Waals surface area (Å²) in [7, 11) is 3.50. The van der Waals surface area contributed by atoms with Gasteiger partial charge in [-0.25, -0.2) is 4.98 Å². The van der Waals surface area contributed by atoms with Gasteiger partial charge in [0.2, 0.25) is 0 Å². The normalized spacial score (nSPS) is 10.8. The van der Waals surface area contributed by atoms with Gasteiger partial charge in [0, 0.05) is 34.6 Å². The third-order valence-corrected chi connectivity index (χ3v) is 6.86. The molecule has 3 heterocycles. The lowest BCUT2D eigenvalue weighted by Gasteiger charge is -2.13. The minimum absolute atomic E-state index is 0. The molecule has 9 heteroatoms. The van der Waals surface area contributed by atoms with Crippen molar-refractivity contribution in [1.82, 2.24) is 14.1 Å². The second kappa shape index (κ2) is 9.93. The summed E-state index contributed by atoms with van der Waals surface area (Å²) < 4.78 is 15.7. The van der Waals surface area contributed by atoms with Gasteiger partial charge in [-0.3, -0.25) is 9.36 Å². The predicted molar refractivity (Wildman–Crippen MR) is 139 cm³/mol. The SMILES string of the molecule is COc1cc(-n2ccc3cc(-c4ccc(Cl)cc4)sc3c2=O)ccc1OCc1cncn1C.Cl.